The van der Waals surface area contributed by atoms with Crippen LogP contribution < -0.4 is 36.1 Å². The van der Waals surface area contributed by atoms with E-state index in [-0.39, 0.29) is 62.5 Å². The van der Waals surface area contributed by atoms with E-state index in [1.54, 1.807) is 29.0 Å². The summed E-state index contributed by atoms with van der Waals surface area (Å²) in [6, 6.07) is 28.1. The smallest absolute Gasteiger partial charge is 0.410 e. The Morgan fingerprint density at radius 3 is 2.36 bits per heavy atom. The number of carbonyl (C=O) groups is 4. The van der Waals surface area contributed by atoms with Crippen molar-refractivity contribution in [2.75, 3.05) is 68.9 Å². The molecule has 1 spiro atoms. The number of aromatic nitrogens is 3. The number of likely N-dealkylation sites (tertiary alicyclic amines) is 1. The summed E-state index contributed by atoms with van der Waals surface area (Å²) in [6.07, 6.45) is -5.37. The Kier molecular flexibility index (Phi) is 20.9. The third-order valence-corrected chi connectivity index (χ3v) is 16.3. The maximum atomic E-state index is 13.7. The van der Waals surface area contributed by atoms with E-state index in [1.165, 1.54) is 6.07 Å². The molecule has 4 aromatic carbocycles. The molecule has 10 N–H and O–H groups in total. The molecule has 10 rings (SSSR count). The van der Waals surface area contributed by atoms with Gasteiger partial charge in [-0.25, -0.2) is 9.78 Å². The lowest BCUT2D eigenvalue weighted by atomic mass is 9.91. The van der Waals surface area contributed by atoms with Gasteiger partial charge >= 0.3 is 6.09 Å². The van der Waals surface area contributed by atoms with Crippen LogP contribution in [0.3, 0.4) is 0 Å². The van der Waals surface area contributed by atoms with Gasteiger partial charge in [-0.15, -0.1) is 0 Å². The molecule has 24 heteroatoms. The van der Waals surface area contributed by atoms with Gasteiger partial charge in [0.15, 0.2) is 12.1 Å². The molecular formula is C65H78N10O14. The van der Waals surface area contributed by atoms with Gasteiger partial charge in [-0.2, -0.15) is 4.98 Å². The highest BCUT2D eigenvalue weighted by Crippen LogP contribution is 2.34. The van der Waals surface area contributed by atoms with E-state index in [4.69, 9.17) is 29.4 Å². The summed E-state index contributed by atoms with van der Waals surface area (Å²) in [6.45, 7) is 6.23. The molecule has 4 aliphatic heterocycles. The van der Waals surface area contributed by atoms with Crippen molar-refractivity contribution in [1.82, 2.24) is 35.0 Å². The van der Waals surface area contributed by atoms with Gasteiger partial charge in [-0.3, -0.25) is 19.3 Å². The number of nitrogens with two attached hydrogens (primary N) is 1. The molecule has 6 heterocycles. The lowest BCUT2D eigenvalue weighted by Gasteiger charge is -2.53. The number of amides is 4. The molecule has 0 bridgehead atoms. The van der Waals surface area contributed by atoms with Crippen molar-refractivity contribution < 1.29 is 68.4 Å². The first-order valence-electron chi connectivity index (χ1n) is 30.2. The van der Waals surface area contributed by atoms with E-state index in [0.29, 0.717) is 82.2 Å². The lowest BCUT2D eigenvalue weighted by molar-refractivity contribution is -0.310. The van der Waals surface area contributed by atoms with Crippen molar-refractivity contribution in [3.05, 3.63) is 136 Å². The van der Waals surface area contributed by atoms with Crippen LogP contribution in [-0.4, -0.2) is 169 Å². The van der Waals surface area contributed by atoms with E-state index in [2.05, 4.69) is 66.3 Å². The summed E-state index contributed by atoms with van der Waals surface area (Å²) in [5.41, 5.74) is 13.3. The normalized spacial score (nSPS) is 19.4. The van der Waals surface area contributed by atoms with Crippen LogP contribution in [0.4, 0.5) is 22.2 Å². The van der Waals surface area contributed by atoms with E-state index in [9.17, 15) is 44.7 Å². The Hall–Kier alpha value is -8.38. The Bertz CT molecular complexity index is 3550. The molecule has 0 aliphatic carbocycles. The zero-order chi connectivity index (χ0) is 62.6. The number of morpholine rings is 1. The third-order valence-electron chi connectivity index (χ3n) is 16.3. The monoisotopic (exact) mass is 1220 g/mol. The van der Waals surface area contributed by atoms with Gasteiger partial charge in [0.2, 0.25) is 30.0 Å². The van der Waals surface area contributed by atoms with Crippen LogP contribution in [0.25, 0.3) is 11.0 Å². The number of fused-ring (bicyclic) bond motifs is 3. The van der Waals surface area contributed by atoms with E-state index in [1.807, 2.05) is 66.9 Å². The number of nitrogen functional groups attached to an aromatic ring is 1. The fraction of sp³-hybridized carbons (Fsp3) is 0.446. The average molecular weight is 1220 g/mol. The molecule has 2 aromatic heterocycles. The van der Waals surface area contributed by atoms with Gasteiger partial charge < -0.3 is 85.3 Å². The van der Waals surface area contributed by atoms with E-state index in [0.717, 1.165) is 76.1 Å². The van der Waals surface area contributed by atoms with E-state index >= 15 is 0 Å². The molecule has 24 nitrogen and oxygen atoms in total. The number of aliphatic hydroxyl groups is 5. The van der Waals surface area contributed by atoms with Crippen molar-refractivity contribution in [3.63, 3.8) is 0 Å². The zero-order valence-electron chi connectivity index (χ0n) is 50.0. The van der Waals surface area contributed by atoms with Gasteiger partial charge in [-0.1, -0.05) is 80.1 Å². The molecule has 3 fully saturated rings. The molecule has 4 aliphatic rings. The van der Waals surface area contributed by atoms with Gasteiger partial charge in [0.1, 0.15) is 53.6 Å². The largest absolute Gasteiger partial charge is 0.496 e. The van der Waals surface area contributed by atoms with Gasteiger partial charge in [0.25, 0.3) is 0 Å². The molecule has 0 saturated carbocycles. The van der Waals surface area contributed by atoms with Crippen LogP contribution in [0.5, 0.6) is 11.5 Å². The van der Waals surface area contributed by atoms with Gasteiger partial charge in [0.05, 0.1) is 44.6 Å². The minimum absolute atomic E-state index is 0.0195. The minimum Gasteiger partial charge on any atom is -0.496 e. The zero-order valence-corrected chi connectivity index (χ0v) is 50.0. The Morgan fingerprint density at radius 1 is 0.787 bits per heavy atom. The third kappa shape index (κ3) is 15.7. The highest BCUT2D eigenvalue weighted by atomic mass is 16.7. The number of ether oxygens (including phenoxy) is 5. The second kappa shape index (κ2) is 29.3. The number of nitrogens with one attached hydrogen (secondary N) is 3. The molecule has 89 heavy (non-hydrogen) atoms. The number of nitrogens with zero attached hydrogens (tertiary/aromatic N) is 6. The molecule has 3 saturated heterocycles. The Morgan fingerprint density at radius 2 is 1.55 bits per heavy atom. The summed E-state index contributed by atoms with van der Waals surface area (Å²) in [4.78, 5) is 68.1. The number of hydrogen-bond donors (Lipinski definition) is 9. The number of rotatable bonds is 25. The Labute approximate surface area is 515 Å². The first-order chi connectivity index (χ1) is 43.1. The second-order valence-corrected chi connectivity index (χ2v) is 22.9. The summed E-state index contributed by atoms with van der Waals surface area (Å²) in [7, 11) is 1.66. The molecule has 0 radical (unpaired) electrons. The molecule has 6 aromatic rings. The molecule has 0 unspecified atom stereocenters. The van der Waals surface area contributed by atoms with E-state index < -0.39 is 54.6 Å². The number of unbranched alkanes of at least 4 members (excludes halogenated alkanes) is 3. The minimum atomic E-state index is -2.23. The van der Waals surface area contributed by atoms with Crippen LogP contribution in [-0.2, 0) is 61.4 Å². The highest BCUT2D eigenvalue weighted by Gasteiger charge is 2.49. The summed E-state index contributed by atoms with van der Waals surface area (Å²) in [5.74, 6) is 7.33. The first kappa shape index (κ1) is 63.6. The average Bonchev–Trinajstić information content (AvgIpc) is 2.95. The summed E-state index contributed by atoms with van der Waals surface area (Å²) in [5, 5.41) is 60.4. The van der Waals surface area contributed by atoms with Crippen LogP contribution >= 0.6 is 0 Å². The number of hydrogen-bond acceptors (Lipinski definition) is 19. The summed E-state index contributed by atoms with van der Waals surface area (Å²) >= 11 is 0. The van der Waals surface area contributed by atoms with Gasteiger partial charge in [-0.05, 0) is 78.4 Å². The number of aliphatic hydroxyl groups excluding tert-OH is 4. The van der Waals surface area contributed by atoms with Crippen molar-refractivity contribution in [3.8, 4) is 23.3 Å². The topological polar surface area (TPSA) is 318 Å². The summed E-state index contributed by atoms with van der Waals surface area (Å²) < 4.78 is 31.6. The Balaban J connectivity index is 0.702. The lowest BCUT2D eigenvalue weighted by Crippen LogP contribution is -2.70. The van der Waals surface area contributed by atoms with Crippen LogP contribution in [0.1, 0.15) is 97.2 Å². The van der Waals surface area contributed by atoms with Crippen molar-refractivity contribution >= 4 is 52.3 Å². The predicted octanol–water partition coefficient (Wildman–Crippen LogP) is 4.02. The fourth-order valence-corrected chi connectivity index (χ4v) is 11.6. The number of carbonyl (C=O) groups excluding carboxylic acids is 4. The molecule has 472 valence electrons. The second-order valence-electron chi connectivity index (χ2n) is 22.9. The number of methoxy groups -OCH3 is 1. The van der Waals surface area contributed by atoms with Crippen LogP contribution in [0.15, 0.2) is 97.2 Å². The maximum absolute atomic E-state index is 13.7. The first-order valence-corrected chi connectivity index (χ1v) is 30.2. The number of benzene rings is 4. The van der Waals surface area contributed by atoms with Gasteiger partial charge in [0, 0.05) is 93.5 Å². The van der Waals surface area contributed by atoms with Crippen LogP contribution in [0.2, 0.25) is 0 Å². The number of para-hydroxylation sites is 1. The SMILES string of the molecule is CCCCCNc1nc(N)nc2ccn(Cc3ccc(CN4CC5(C4)CN(C(=O)OCc4ccc(O[C@@H]6O[C@H](C(O)O)[C@@H](O)[C@H](O)[C@H]6O)c(CNC(=O)CCNC(=O)CCCCC(=O)N6Cc7ccccc7C#Cc7ccccc76)c4)CCO5)cc3OC)c12. The fourth-order valence-electron chi connectivity index (χ4n) is 11.6. The molecule has 4 amide bonds. The standard InChI is InChI=1S/C65H78N10O14/c1-3-4-11-26-68-60-55-48(70-63(66)71-60)25-28-73(55)35-46-20-18-41(32-51(46)85-2)34-72-38-65(39-72)40-74(29-30-87-65)64(84)86-37-42-19-23-50(88-62-58(81)56(79)57(80)59(89-62)61(82)83)47(31-42)33-69-53(77)24-27-67-52(76)16-9-10-17-54(78)75-36-45-14-6-5-12-43(45)21-22-44-13-7-8-15-49(44)75/h5-8,12-15,18-20,23,25,28,31-32,56-59,61-62,79-83H,3-4,9-11,16-17,24,26-27,29-30,33-40H2,1-2H3,(H,67,76)(H,69,77)(H3,66,68,70,71)/t56-,57-,58+,59-,62+/m0/s1. The molecular weight excluding hydrogens is 1140 g/mol. The predicted molar refractivity (Wildman–Crippen MR) is 328 cm³/mol. The van der Waals surface area contributed by atoms with Crippen molar-refractivity contribution in [2.45, 2.75) is 134 Å². The molecule has 5 atom stereocenters. The van der Waals surface area contributed by atoms with Crippen LogP contribution in [0, 0.1) is 11.8 Å². The maximum Gasteiger partial charge on any atom is 0.410 e. The number of anilines is 3. The van der Waals surface area contributed by atoms with Crippen molar-refractivity contribution in [2.24, 2.45) is 0 Å². The quantitative estimate of drug-likeness (QED) is 0.0222. The van der Waals surface area contributed by atoms with Crippen molar-refractivity contribution in [1.29, 1.82) is 0 Å². The highest BCUT2D eigenvalue weighted by molar-refractivity contribution is 5.95.